The number of benzene rings is 2. The fraction of sp³-hybridized carbons (Fsp3) is 0.242. The van der Waals surface area contributed by atoms with Gasteiger partial charge in [-0.1, -0.05) is 30.3 Å². The van der Waals surface area contributed by atoms with Crippen LogP contribution >= 0.6 is 0 Å². The van der Waals surface area contributed by atoms with Crippen molar-refractivity contribution in [3.05, 3.63) is 97.5 Å². The highest BCUT2D eigenvalue weighted by Crippen LogP contribution is 2.35. The Kier molecular flexibility index (Phi) is 11.0. The van der Waals surface area contributed by atoms with E-state index in [9.17, 15) is 9.59 Å². The number of anilines is 5. The summed E-state index contributed by atoms with van der Waals surface area (Å²) in [5.41, 5.74) is 8.31. The number of ether oxygens (including phenoxy) is 1. The number of nitrogens with zero attached hydrogens (tertiary/aromatic N) is 7. The molecule has 2 N–H and O–H groups in total. The third kappa shape index (κ3) is 8.62. The monoisotopic (exact) mass is 594 g/mol. The lowest BCUT2D eigenvalue weighted by atomic mass is 10.2. The van der Waals surface area contributed by atoms with Crippen LogP contribution < -0.4 is 25.2 Å². The lowest BCUT2D eigenvalue weighted by molar-refractivity contribution is -0.114. The van der Waals surface area contributed by atoms with Gasteiger partial charge in [-0.05, 0) is 62.4 Å². The molecule has 4 aromatic rings. The number of rotatable bonds is 11. The van der Waals surface area contributed by atoms with Crippen LogP contribution in [-0.2, 0) is 9.59 Å². The maximum absolute atomic E-state index is 11.9. The maximum atomic E-state index is 11.9. The third-order valence-electron chi connectivity index (χ3n) is 7.04. The summed E-state index contributed by atoms with van der Waals surface area (Å²) in [5.74, 6) is 1.89. The Labute approximate surface area is 258 Å². The van der Waals surface area contributed by atoms with Crippen molar-refractivity contribution in [2.75, 3.05) is 55.2 Å². The van der Waals surface area contributed by atoms with Crippen molar-refractivity contribution in [2.24, 2.45) is 0 Å². The Morgan fingerprint density at radius 2 is 1.61 bits per heavy atom. The smallest absolute Gasteiger partial charge is 0.250 e. The second-order valence-corrected chi connectivity index (χ2v) is 10.3. The first-order valence-corrected chi connectivity index (χ1v) is 14.2. The first-order chi connectivity index (χ1) is 21.3. The molecule has 2 aromatic heterocycles. The van der Waals surface area contributed by atoms with Crippen LogP contribution in [0.2, 0.25) is 0 Å². The van der Waals surface area contributed by atoms with Gasteiger partial charge in [0.1, 0.15) is 17.8 Å². The van der Waals surface area contributed by atoms with Crippen LogP contribution in [0.5, 0.6) is 11.6 Å². The van der Waals surface area contributed by atoms with Crippen molar-refractivity contribution in [1.82, 2.24) is 19.9 Å². The van der Waals surface area contributed by atoms with Gasteiger partial charge in [0, 0.05) is 63.4 Å². The number of carbonyl (C=O) groups is 2. The normalized spacial score (nSPS) is 12.3. The lowest BCUT2D eigenvalue weighted by Gasteiger charge is -2.25. The minimum Gasteiger partial charge on any atom is -0.439 e. The van der Waals surface area contributed by atoms with Gasteiger partial charge >= 0.3 is 0 Å². The fourth-order valence-electron chi connectivity index (χ4n) is 4.28. The molecule has 11 heteroatoms. The van der Waals surface area contributed by atoms with E-state index >= 15 is 0 Å². The van der Waals surface area contributed by atoms with Gasteiger partial charge in [0.05, 0.1) is 0 Å². The molecule has 2 aromatic carbocycles. The average molecular weight is 595 g/mol. The Morgan fingerprint density at radius 1 is 0.909 bits per heavy atom. The molecule has 228 valence electrons. The summed E-state index contributed by atoms with van der Waals surface area (Å²) >= 11 is 0. The molecule has 0 aliphatic heterocycles. The van der Waals surface area contributed by atoms with E-state index in [2.05, 4.69) is 26.9 Å². The van der Waals surface area contributed by atoms with Gasteiger partial charge < -0.3 is 25.2 Å². The molecule has 0 unspecified atom stereocenters. The number of carbonyl (C=O) groups excluding carboxylic acids is 2. The van der Waals surface area contributed by atoms with Crippen LogP contribution in [0.1, 0.15) is 12.8 Å². The highest BCUT2D eigenvalue weighted by molar-refractivity contribution is 6.00. The minimum absolute atomic E-state index is 0.0189. The molecule has 2 heterocycles. The van der Waals surface area contributed by atoms with E-state index in [1.165, 1.54) is 24.1 Å². The number of nitrogen functional groups attached to an aromatic ring is 1. The molecule has 0 radical (unpaired) electrons. The topological polar surface area (TPSA) is 121 Å². The van der Waals surface area contributed by atoms with Crippen molar-refractivity contribution in [3.63, 3.8) is 0 Å². The molecule has 1 saturated carbocycles. The van der Waals surface area contributed by atoms with Gasteiger partial charge in [-0.3, -0.25) is 14.5 Å². The number of pyridine rings is 1. The summed E-state index contributed by atoms with van der Waals surface area (Å²) < 4.78 is 5.69. The van der Waals surface area contributed by atoms with E-state index in [1.54, 1.807) is 37.3 Å². The predicted octanol–water partition coefficient (Wildman–Crippen LogP) is 4.91. The van der Waals surface area contributed by atoms with Crippen molar-refractivity contribution in [3.8, 4) is 11.6 Å². The molecular weight excluding hydrogens is 556 g/mol. The number of aromatic nitrogens is 3. The third-order valence-corrected chi connectivity index (χ3v) is 7.04. The molecule has 11 nitrogen and oxygen atoms in total. The number of nitrogens with two attached hydrogens (primary N) is 1. The largest absolute Gasteiger partial charge is 0.439 e. The molecule has 0 saturated heterocycles. The zero-order valence-corrected chi connectivity index (χ0v) is 25.4. The quantitative estimate of drug-likeness (QED) is 0.191. The maximum Gasteiger partial charge on any atom is 0.250 e. The Hall–Kier alpha value is -5.29. The van der Waals surface area contributed by atoms with Crippen LogP contribution in [0.4, 0.5) is 28.7 Å². The van der Waals surface area contributed by atoms with Gasteiger partial charge in [-0.15, -0.1) is 0 Å². The number of amides is 2. The first kappa shape index (κ1) is 31.6. The van der Waals surface area contributed by atoms with E-state index in [0.29, 0.717) is 29.5 Å². The van der Waals surface area contributed by atoms with E-state index in [-0.39, 0.29) is 11.7 Å². The van der Waals surface area contributed by atoms with Crippen LogP contribution in [0, 0.1) is 0 Å². The zero-order chi connectivity index (χ0) is 31.5. The van der Waals surface area contributed by atoms with E-state index in [1.807, 2.05) is 84.8 Å². The molecule has 1 aliphatic carbocycles. The molecule has 0 bridgehead atoms. The van der Waals surface area contributed by atoms with Gasteiger partial charge in [0.25, 0.3) is 0 Å². The molecule has 44 heavy (non-hydrogen) atoms. The van der Waals surface area contributed by atoms with E-state index in [0.717, 1.165) is 24.0 Å². The summed E-state index contributed by atoms with van der Waals surface area (Å²) in [7, 11) is 7.34. The Morgan fingerprint density at radius 3 is 2.25 bits per heavy atom. The molecule has 1 aliphatic rings. The minimum atomic E-state index is 0.0189. The summed E-state index contributed by atoms with van der Waals surface area (Å²) in [6.07, 6.45) is 9.85. The Balaban J connectivity index is 0.000000215. The summed E-state index contributed by atoms with van der Waals surface area (Å²) in [4.78, 5) is 42.5. The molecule has 0 spiro atoms. The van der Waals surface area contributed by atoms with E-state index in [4.69, 9.17) is 10.5 Å². The average Bonchev–Trinajstić information content (AvgIpc) is 3.91. The van der Waals surface area contributed by atoms with Crippen molar-refractivity contribution < 1.29 is 14.3 Å². The second-order valence-electron chi connectivity index (χ2n) is 10.3. The summed E-state index contributed by atoms with van der Waals surface area (Å²) in [6, 6.07) is 23.3. The Bertz CT molecular complexity index is 1530. The lowest BCUT2D eigenvalue weighted by Crippen LogP contribution is -2.25. The molecule has 5 rings (SSSR count). The van der Waals surface area contributed by atoms with Crippen LogP contribution in [0.25, 0.3) is 0 Å². The van der Waals surface area contributed by atoms with Gasteiger partial charge in [-0.25, -0.2) is 15.0 Å². The fourth-order valence-corrected chi connectivity index (χ4v) is 4.28. The highest BCUT2D eigenvalue weighted by atomic mass is 16.5. The molecule has 1 fully saturated rings. The number of hydrogen-bond donors (Lipinski definition) is 1. The van der Waals surface area contributed by atoms with Gasteiger partial charge in [0.15, 0.2) is 11.6 Å². The van der Waals surface area contributed by atoms with Crippen molar-refractivity contribution in [1.29, 1.82) is 0 Å². The van der Waals surface area contributed by atoms with Gasteiger partial charge in [-0.2, -0.15) is 0 Å². The summed E-state index contributed by atoms with van der Waals surface area (Å²) in [5, 5.41) is 0. The standard InChI is InChI=1S/C18H18N6O2.C15H20N2O/c1-23(12-25)18-16(17(19)21-11-22-18)24(2)13-6-8-14(9-7-13)26-15-5-3-4-10-20-15;1-16(13-10-11-13)12-6-9-15(18)17(2)14-7-4-3-5-8-14/h3-12H,1-2H3,(H2,19,21,22);3-9,13H,10-12H2,1-2H3/b;9-6+. The molecule has 0 atom stereocenters. The van der Waals surface area contributed by atoms with Crippen LogP contribution in [0.3, 0.4) is 0 Å². The first-order valence-electron chi connectivity index (χ1n) is 14.2. The van der Waals surface area contributed by atoms with Crippen molar-refractivity contribution >= 4 is 41.0 Å². The highest BCUT2D eigenvalue weighted by Gasteiger charge is 2.25. The number of likely N-dealkylation sites (N-methyl/N-ethyl adjacent to an activating group) is 2. The van der Waals surface area contributed by atoms with Crippen LogP contribution in [0.15, 0.2) is 97.5 Å². The molecular formula is C33H38N8O3. The number of hydrogen-bond acceptors (Lipinski definition) is 9. The van der Waals surface area contributed by atoms with E-state index < -0.39 is 0 Å². The zero-order valence-electron chi connectivity index (χ0n) is 25.4. The number of para-hydroxylation sites is 1. The van der Waals surface area contributed by atoms with Crippen molar-refractivity contribution in [2.45, 2.75) is 18.9 Å². The molecule has 2 amide bonds. The second kappa shape index (κ2) is 15.3. The van der Waals surface area contributed by atoms with Crippen LogP contribution in [-0.4, -0.2) is 72.9 Å². The SMILES string of the molecule is CN(C(=O)/C=C/CN(C)C1CC1)c1ccccc1.CN(C=O)c1ncnc(N)c1N(C)c1ccc(Oc2ccccn2)cc1. The predicted molar refractivity (Wildman–Crippen MR) is 174 cm³/mol. The summed E-state index contributed by atoms with van der Waals surface area (Å²) in [6.45, 7) is 0.846. The van der Waals surface area contributed by atoms with Gasteiger partial charge in [0.2, 0.25) is 18.2 Å².